The summed E-state index contributed by atoms with van der Waals surface area (Å²) in [5.41, 5.74) is 0.0914. The maximum atomic E-state index is 10.5. The molecule has 2 aromatic heterocycles. The number of hydrogen-bond donors (Lipinski definition) is 1. The molecular formula is C8H6N2O2S. The molecule has 0 fully saturated rings. The third kappa shape index (κ3) is 1.46. The van der Waals surface area contributed by atoms with Gasteiger partial charge in [0, 0.05) is 17.8 Å². The molecule has 4 nitrogen and oxygen atoms in total. The molecule has 0 aromatic carbocycles. The number of aromatic carboxylic acids is 1. The van der Waals surface area contributed by atoms with Gasteiger partial charge in [-0.1, -0.05) is 0 Å². The minimum absolute atomic E-state index is 0.0914. The van der Waals surface area contributed by atoms with Crippen molar-refractivity contribution >= 4 is 17.3 Å². The van der Waals surface area contributed by atoms with Gasteiger partial charge in [-0.05, 0) is 12.1 Å². The average Bonchev–Trinajstić information content (AvgIpc) is 2.75. The summed E-state index contributed by atoms with van der Waals surface area (Å²) in [6.07, 6.45) is 3.65. The molecule has 2 rings (SSSR count). The molecule has 0 saturated carbocycles. The van der Waals surface area contributed by atoms with Crippen molar-refractivity contribution in [2.24, 2.45) is 0 Å². The van der Waals surface area contributed by atoms with Gasteiger partial charge in [0.25, 0.3) is 0 Å². The molecule has 0 spiro atoms. The molecule has 66 valence electrons. The molecule has 0 saturated heterocycles. The number of thiazole rings is 1. The molecule has 1 N–H and O–H groups in total. The number of hydrogen-bond acceptors (Lipinski definition) is 3. The molecule has 2 heterocycles. The summed E-state index contributed by atoms with van der Waals surface area (Å²) < 4.78 is 1.77. The Morgan fingerprint density at radius 2 is 2.15 bits per heavy atom. The van der Waals surface area contributed by atoms with E-state index in [0.29, 0.717) is 5.13 Å². The van der Waals surface area contributed by atoms with Gasteiger partial charge in [-0.25, -0.2) is 9.78 Å². The summed E-state index contributed by atoms with van der Waals surface area (Å²) in [5, 5.41) is 10.8. The van der Waals surface area contributed by atoms with Crippen LogP contribution in [0.1, 0.15) is 10.5 Å². The van der Waals surface area contributed by atoms with Crippen LogP contribution in [0.15, 0.2) is 29.9 Å². The third-order valence-electron chi connectivity index (χ3n) is 1.54. The van der Waals surface area contributed by atoms with Gasteiger partial charge in [0.05, 0.1) is 0 Å². The fourth-order valence-corrected chi connectivity index (χ4v) is 1.71. The lowest BCUT2D eigenvalue weighted by atomic mass is 10.5. The molecule has 5 heteroatoms. The standard InChI is InChI=1S/C8H6N2O2S/c11-7(12)6-5-13-8(9-6)10-3-1-2-4-10/h1-5H,(H,11,12). The smallest absolute Gasteiger partial charge is 0.355 e. The van der Waals surface area contributed by atoms with Crippen LogP contribution in [0.4, 0.5) is 0 Å². The first-order valence-corrected chi connectivity index (χ1v) is 4.47. The second-order valence-electron chi connectivity index (χ2n) is 2.41. The zero-order valence-electron chi connectivity index (χ0n) is 6.54. The van der Waals surface area contributed by atoms with E-state index in [0.717, 1.165) is 0 Å². The molecule has 13 heavy (non-hydrogen) atoms. The maximum Gasteiger partial charge on any atom is 0.355 e. The van der Waals surface area contributed by atoms with Crippen LogP contribution in [-0.2, 0) is 0 Å². The lowest BCUT2D eigenvalue weighted by molar-refractivity contribution is 0.0691. The van der Waals surface area contributed by atoms with Crippen LogP contribution in [0.3, 0.4) is 0 Å². The first-order valence-electron chi connectivity index (χ1n) is 3.59. The van der Waals surface area contributed by atoms with E-state index >= 15 is 0 Å². The largest absolute Gasteiger partial charge is 0.476 e. The van der Waals surface area contributed by atoms with E-state index in [2.05, 4.69) is 4.98 Å². The van der Waals surface area contributed by atoms with Crippen LogP contribution in [0.2, 0.25) is 0 Å². The van der Waals surface area contributed by atoms with Crippen LogP contribution in [0, 0.1) is 0 Å². The van der Waals surface area contributed by atoms with Gasteiger partial charge in [-0.3, -0.25) is 0 Å². The van der Waals surface area contributed by atoms with Crippen LogP contribution >= 0.6 is 11.3 Å². The Morgan fingerprint density at radius 1 is 1.46 bits per heavy atom. The van der Waals surface area contributed by atoms with E-state index in [9.17, 15) is 4.79 Å². The minimum Gasteiger partial charge on any atom is -0.476 e. The van der Waals surface area contributed by atoms with Crippen molar-refractivity contribution in [1.82, 2.24) is 9.55 Å². The molecule has 0 aliphatic carbocycles. The van der Waals surface area contributed by atoms with Crippen molar-refractivity contribution in [3.05, 3.63) is 35.6 Å². The monoisotopic (exact) mass is 194 g/mol. The number of carbonyl (C=O) groups is 1. The topological polar surface area (TPSA) is 55.1 Å². The predicted molar refractivity (Wildman–Crippen MR) is 48.4 cm³/mol. The zero-order chi connectivity index (χ0) is 9.26. The minimum atomic E-state index is -0.991. The van der Waals surface area contributed by atoms with Gasteiger partial charge < -0.3 is 9.67 Å². The molecule has 2 aromatic rings. The van der Waals surface area contributed by atoms with Crippen LogP contribution in [0.25, 0.3) is 5.13 Å². The van der Waals surface area contributed by atoms with Crippen LogP contribution in [0.5, 0.6) is 0 Å². The number of nitrogens with zero attached hydrogens (tertiary/aromatic N) is 2. The summed E-state index contributed by atoms with van der Waals surface area (Å²) in [6, 6.07) is 3.73. The van der Waals surface area contributed by atoms with Crippen molar-refractivity contribution in [1.29, 1.82) is 0 Å². The van der Waals surface area contributed by atoms with Crippen molar-refractivity contribution in [2.75, 3.05) is 0 Å². The van der Waals surface area contributed by atoms with Gasteiger partial charge in [-0.2, -0.15) is 0 Å². The normalized spacial score (nSPS) is 10.2. The summed E-state index contributed by atoms with van der Waals surface area (Å²) in [4.78, 5) is 14.5. The Kier molecular flexibility index (Phi) is 1.86. The summed E-state index contributed by atoms with van der Waals surface area (Å²) in [6.45, 7) is 0. The number of aromatic nitrogens is 2. The highest BCUT2D eigenvalue weighted by atomic mass is 32.1. The second kappa shape index (κ2) is 3.02. The zero-order valence-corrected chi connectivity index (χ0v) is 7.36. The lowest BCUT2D eigenvalue weighted by Crippen LogP contribution is -1.97. The van der Waals surface area contributed by atoms with Crippen LogP contribution in [-0.4, -0.2) is 20.6 Å². The van der Waals surface area contributed by atoms with Crippen molar-refractivity contribution in [3.8, 4) is 5.13 Å². The summed E-state index contributed by atoms with van der Waals surface area (Å²) in [5.74, 6) is -0.991. The third-order valence-corrected chi connectivity index (χ3v) is 2.39. The lowest BCUT2D eigenvalue weighted by Gasteiger charge is -1.92. The Bertz CT molecular complexity index is 419. The SMILES string of the molecule is O=C(O)c1csc(-n2cccc2)n1. The fraction of sp³-hybridized carbons (Fsp3) is 0. The molecular weight excluding hydrogens is 188 g/mol. The molecule has 0 unspecified atom stereocenters. The second-order valence-corrected chi connectivity index (χ2v) is 3.25. The fourth-order valence-electron chi connectivity index (χ4n) is 0.943. The number of rotatable bonds is 2. The Balaban J connectivity index is 2.39. The molecule has 0 aliphatic heterocycles. The highest BCUT2D eigenvalue weighted by Gasteiger charge is 2.08. The van der Waals surface area contributed by atoms with E-state index in [1.165, 1.54) is 16.7 Å². The van der Waals surface area contributed by atoms with Gasteiger partial charge in [0.1, 0.15) is 0 Å². The van der Waals surface area contributed by atoms with Gasteiger partial charge in [-0.15, -0.1) is 11.3 Å². The molecule has 0 aliphatic rings. The van der Waals surface area contributed by atoms with Crippen molar-refractivity contribution < 1.29 is 9.90 Å². The Hall–Kier alpha value is -1.62. The first kappa shape index (κ1) is 8.00. The maximum absolute atomic E-state index is 10.5. The predicted octanol–water partition coefficient (Wildman–Crippen LogP) is 1.63. The summed E-state index contributed by atoms with van der Waals surface area (Å²) in [7, 11) is 0. The molecule has 0 atom stereocenters. The van der Waals surface area contributed by atoms with Gasteiger partial charge in [0.15, 0.2) is 10.8 Å². The highest BCUT2D eigenvalue weighted by molar-refractivity contribution is 7.12. The van der Waals surface area contributed by atoms with E-state index in [1.54, 1.807) is 4.57 Å². The quantitative estimate of drug-likeness (QED) is 0.790. The van der Waals surface area contributed by atoms with Crippen LogP contribution < -0.4 is 0 Å². The first-order chi connectivity index (χ1) is 6.27. The van der Waals surface area contributed by atoms with E-state index in [-0.39, 0.29) is 5.69 Å². The van der Waals surface area contributed by atoms with E-state index in [1.807, 2.05) is 24.5 Å². The van der Waals surface area contributed by atoms with Crippen molar-refractivity contribution in [3.63, 3.8) is 0 Å². The number of carboxylic acids is 1. The number of carboxylic acid groups (broad SMARTS) is 1. The molecule has 0 amide bonds. The Morgan fingerprint density at radius 3 is 2.69 bits per heavy atom. The average molecular weight is 194 g/mol. The van der Waals surface area contributed by atoms with Gasteiger partial charge >= 0.3 is 5.97 Å². The van der Waals surface area contributed by atoms with E-state index < -0.39 is 5.97 Å². The summed E-state index contributed by atoms with van der Waals surface area (Å²) >= 11 is 1.31. The van der Waals surface area contributed by atoms with Gasteiger partial charge in [0.2, 0.25) is 0 Å². The molecule has 0 radical (unpaired) electrons. The van der Waals surface area contributed by atoms with E-state index in [4.69, 9.17) is 5.11 Å². The van der Waals surface area contributed by atoms with Crippen molar-refractivity contribution in [2.45, 2.75) is 0 Å². The highest BCUT2D eigenvalue weighted by Crippen LogP contribution is 2.14. The molecule has 0 bridgehead atoms. The Labute approximate surface area is 78.1 Å².